The van der Waals surface area contributed by atoms with Crippen LogP contribution < -0.4 is 5.32 Å². The van der Waals surface area contributed by atoms with E-state index in [9.17, 15) is 4.79 Å². The number of carbonyl (C=O) groups is 1. The lowest BCUT2D eigenvalue weighted by atomic mass is 10.1. The number of nitrogens with zero attached hydrogens (tertiary/aromatic N) is 2. The number of benzene rings is 1. The zero-order chi connectivity index (χ0) is 16.7. The van der Waals surface area contributed by atoms with Gasteiger partial charge in [0.1, 0.15) is 0 Å². The Labute approximate surface area is 140 Å². The van der Waals surface area contributed by atoms with Crippen LogP contribution in [0.15, 0.2) is 35.5 Å². The molecule has 122 valence electrons. The maximum atomic E-state index is 12.0. The molecule has 0 atom stereocenters. The maximum absolute atomic E-state index is 12.0. The van der Waals surface area contributed by atoms with E-state index >= 15 is 0 Å². The molecular formula is C17H21N3O2S. The van der Waals surface area contributed by atoms with Crippen molar-refractivity contribution < 1.29 is 9.53 Å². The van der Waals surface area contributed by atoms with Crippen molar-refractivity contribution in [3.05, 3.63) is 52.8 Å². The molecule has 0 aliphatic carbocycles. The molecule has 0 bridgehead atoms. The molecule has 0 unspecified atom stereocenters. The summed E-state index contributed by atoms with van der Waals surface area (Å²) in [7, 11) is 1.66. The van der Waals surface area contributed by atoms with Gasteiger partial charge in [-0.2, -0.15) is 0 Å². The monoisotopic (exact) mass is 331 g/mol. The molecule has 0 radical (unpaired) electrons. The highest BCUT2D eigenvalue weighted by atomic mass is 32.2. The zero-order valence-electron chi connectivity index (χ0n) is 13.6. The Hall–Kier alpha value is -1.92. The first-order valence-electron chi connectivity index (χ1n) is 7.36. The minimum atomic E-state index is -0.0371. The number of ether oxygens (including phenoxy) is 1. The number of carbonyl (C=O) groups excluding carboxylic acids is 1. The largest absolute Gasteiger partial charge is 0.380 e. The molecule has 1 aromatic heterocycles. The molecule has 6 heteroatoms. The highest BCUT2D eigenvalue weighted by molar-refractivity contribution is 7.99. The van der Waals surface area contributed by atoms with Crippen LogP contribution in [0.2, 0.25) is 0 Å². The van der Waals surface area contributed by atoms with Crippen LogP contribution in [0.1, 0.15) is 22.5 Å². The van der Waals surface area contributed by atoms with Crippen LogP contribution in [-0.4, -0.2) is 28.7 Å². The van der Waals surface area contributed by atoms with Crippen molar-refractivity contribution in [2.45, 2.75) is 32.2 Å². The van der Waals surface area contributed by atoms with Crippen LogP contribution in [0.3, 0.4) is 0 Å². The molecule has 2 aromatic rings. The topological polar surface area (TPSA) is 64.1 Å². The molecule has 0 fully saturated rings. The molecule has 0 spiro atoms. The molecular weight excluding hydrogens is 310 g/mol. The number of nitrogens with one attached hydrogen (secondary N) is 1. The van der Waals surface area contributed by atoms with Gasteiger partial charge in [0.25, 0.3) is 0 Å². The van der Waals surface area contributed by atoms with Crippen molar-refractivity contribution in [3.8, 4) is 0 Å². The molecule has 0 saturated carbocycles. The van der Waals surface area contributed by atoms with Gasteiger partial charge in [-0.25, -0.2) is 9.97 Å². The van der Waals surface area contributed by atoms with Crippen molar-refractivity contribution in [1.82, 2.24) is 15.3 Å². The second kappa shape index (κ2) is 8.64. The van der Waals surface area contributed by atoms with Crippen molar-refractivity contribution in [2.75, 3.05) is 12.9 Å². The van der Waals surface area contributed by atoms with Crippen LogP contribution in [0.5, 0.6) is 0 Å². The summed E-state index contributed by atoms with van der Waals surface area (Å²) in [5.74, 6) is 0.264. The predicted octanol–water partition coefficient (Wildman–Crippen LogP) is 2.65. The fourth-order valence-electron chi connectivity index (χ4n) is 2.16. The van der Waals surface area contributed by atoms with E-state index in [1.54, 1.807) is 7.11 Å². The van der Waals surface area contributed by atoms with Crippen LogP contribution in [0, 0.1) is 13.8 Å². The Morgan fingerprint density at radius 3 is 2.48 bits per heavy atom. The molecule has 0 aliphatic heterocycles. The Morgan fingerprint density at radius 1 is 1.17 bits per heavy atom. The summed E-state index contributed by atoms with van der Waals surface area (Å²) in [4.78, 5) is 20.6. The molecule has 1 amide bonds. The van der Waals surface area contributed by atoms with Crippen LogP contribution in [-0.2, 0) is 22.7 Å². The van der Waals surface area contributed by atoms with Crippen LogP contribution >= 0.6 is 11.8 Å². The van der Waals surface area contributed by atoms with E-state index in [1.165, 1.54) is 11.8 Å². The average molecular weight is 331 g/mol. The second-order valence-electron chi connectivity index (χ2n) is 5.20. The number of hydrogen-bond acceptors (Lipinski definition) is 5. The normalized spacial score (nSPS) is 10.6. The molecule has 0 aliphatic rings. The standard InChI is InChI=1S/C17H21N3O2S/c1-12-8-13(2)20-17(19-12)23-11-16(21)18-9-14-6-4-5-7-15(14)10-22-3/h4-8H,9-11H2,1-3H3,(H,18,21). The highest BCUT2D eigenvalue weighted by Crippen LogP contribution is 2.14. The van der Waals surface area contributed by atoms with E-state index in [-0.39, 0.29) is 5.91 Å². The number of amides is 1. The third-order valence-electron chi connectivity index (χ3n) is 3.19. The molecule has 1 heterocycles. The van der Waals surface area contributed by atoms with E-state index in [1.807, 2.05) is 44.2 Å². The first-order chi connectivity index (χ1) is 11.1. The van der Waals surface area contributed by atoms with Gasteiger partial charge in [-0.05, 0) is 31.0 Å². The zero-order valence-corrected chi connectivity index (χ0v) is 14.4. The third-order valence-corrected chi connectivity index (χ3v) is 4.04. The molecule has 1 N–H and O–H groups in total. The van der Waals surface area contributed by atoms with Crippen molar-refractivity contribution in [3.63, 3.8) is 0 Å². The number of thioether (sulfide) groups is 1. The Kier molecular flexibility index (Phi) is 6.55. The first-order valence-corrected chi connectivity index (χ1v) is 8.34. The van der Waals surface area contributed by atoms with Crippen LogP contribution in [0.4, 0.5) is 0 Å². The minimum absolute atomic E-state index is 0.0371. The van der Waals surface area contributed by atoms with Gasteiger partial charge in [-0.1, -0.05) is 36.0 Å². The minimum Gasteiger partial charge on any atom is -0.380 e. The summed E-state index contributed by atoms with van der Waals surface area (Å²) in [5.41, 5.74) is 3.97. The number of rotatable bonds is 7. The number of hydrogen-bond donors (Lipinski definition) is 1. The maximum Gasteiger partial charge on any atom is 0.230 e. The molecule has 23 heavy (non-hydrogen) atoms. The highest BCUT2D eigenvalue weighted by Gasteiger charge is 2.07. The fourth-order valence-corrected chi connectivity index (χ4v) is 2.94. The Balaban J connectivity index is 1.86. The van der Waals surface area contributed by atoms with Crippen molar-refractivity contribution >= 4 is 17.7 Å². The lowest BCUT2D eigenvalue weighted by Crippen LogP contribution is -2.25. The van der Waals surface area contributed by atoms with E-state index in [4.69, 9.17) is 4.74 Å². The van der Waals surface area contributed by atoms with Gasteiger partial charge in [0.15, 0.2) is 5.16 Å². The quantitative estimate of drug-likeness (QED) is 0.624. The molecule has 0 saturated heterocycles. The molecule has 1 aromatic carbocycles. The molecule has 2 rings (SSSR count). The predicted molar refractivity (Wildman–Crippen MR) is 91.2 cm³/mol. The summed E-state index contributed by atoms with van der Waals surface area (Å²) in [6.07, 6.45) is 0. The van der Waals surface area contributed by atoms with Gasteiger partial charge >= 0.3 is 0 Å². The van der Waals surface area contributed by atoms with Gasteiger partial charge < -0.3 is 10.1 Å². The van der Waals surface area contributed by atoms with Gasteiger partial charge in [0.2, 0.25) is 5.91 Å². The van der Waals surface area contributed by atoms with E-state index in [0.29, 0.717) is 24.1 Å². The van der Waals surface area contributed by atoms with Gasteiger partial charge in [-0.3, -0.25) is 4.79 Å². The summed E-state index contributed by atoms with van der Waals surface area (Å²) in [5, 5.41) is 3.56. The van der Waals surface area contributed by atoms with Crippen molar-refractivity contribution in [1.29, 1.82) is 0 Å². The summed E-state index contributed by atoms with van der Waals surface area (Å²) < 4.78 is 5.17. The summed E-state index contributed by atoms with van der Waals surface area (Å²) >= 11 is 1.35. The van der Waals surface area contributed by atoms with Gasteiger partial charge in [-0.15, -0.1) is 0 Å². The summed E-state index contributed by atoms with van der Waals surface area (Å²) in [6, 6.07) is 9.83. The lowest BCUT2D eigenvalue weighted by molar-refractivity contribution is -0.118. The Bertz CT molecular complexity index is 656. The SMILES string of the molecule is COCc1ccccc1CNC(=O)CSc1nc(C)cc(C)n1. The Morgan fingerprint density at radius 2 is 1.83 bits per heavy atom. The second-order valence-corrected chi connectivity index (χ2v) is 6.14. The van der Waals surface area contributed by atoms with E-state index in [0.717, 1.165) is 22.5 Å². The first kappa shape index (κ1) is 17.4. The number of aromatic nitrogens is 2. The molecule has 5 nitrogen and oxygen atoms in total. The van der Waals surface area contributed by atoms with Gasteiger partial charge in [0, 0.05) is 25.0 Å². The van der Waals surface area contributed by atoms with E-state index in [2.05, 4.69) is 15.3 Å². The number of aryl methyl sites for hydroxylation is 2. The fraction of sp³-hybridized carbons (Fsp3) is 0.353. The smallest absolute Gasteiger partial charge is 0.230 e. The van der Waals surface area contributed by atoms with Crippen molar-refractivity contribution in [2.24, 2.45) is 0 Å². The number of methoxy groups -OCH3 is 1. The average Bonchev–Trinajstić information content (AvgIpc) is 2.51. The van der Waals surface area contributed by atoms with Gasteiger partial charge in [0.05, 0.1) is 12.4 Å². The lowest BCUT2D eigenvalue weighted by Gasteiger charge is -2.10. The third kappa shape index (κ3) is 5.65. The van der Waals surface area contributed by atoms with Crippen LogP contribution in [0.25, 0.3) is 0 Å². The summed E-state index contributed by atoms with van der Waals surface area (Å²) in [6.45, 7) is 4.88. The van der Waals surface area contributed by atoms with E-state index < -0.39 is 0 Å².